The molecule has 1 saturated heterocycles. The average Bonchev–Trinajstić information content (AvgIpc) is 3.08. The highest BCUT2D eigenvalue weighted by Crippen LogP contribution is 2.32. The molecule has 1 unspecified atom stereocenters. The van der Waals surface area contributed by atoms with Crippen LogP contribution in [0.4, 0.5) is 10.2 Å². The summed E-state index contributed by atoms with van der Waals surface area (Å²) in [5.74, 6) is -1.45. The lowest BCUT2D eigenvalue weighted by molar-refractivity contribution is 0.0698. The van der Waals surface area contributed by atoms with Crippen LogP contribution in [0.5, 0.6) is 5.75 Å². The van der Waals surface area contributed by atoms with Gasteiger partial charge in [-0.25, -0.2) is 9.18 Å². The summed E-state index contributed by atoms with van der Waals surface area (Å²) in [6, 6.07) is 4.55. The number of piperidine rings is 1. The summed E-state index contributed by atoms with van der Waals surface area (Å²) >= 11 is 0. The average molecular weight is 377 g/mol. The van der Waals surface area contributed by atoms with E-state index in [0.29, 0.717) is 18.2 Å². The second-order valence-corrected chi connectivity index (χ2v) is 6.70. The van der Waals surface area contributed by atoms with Crippen LogP contribution in [0.1, 0.15) is 36.5 Å². The third kappa shape index (κ3) is 4.21. The molecule has 2 aromatic rings. The molecule has 3 rings (SSSR count). The predicted octanol–water partition coefficient (Wildman–Crippen LogP) is 3.47. The molecule has 146 valence electrons. The number of hydrogen-bond donors (Lipinski definition) is 2. The van der Waals surface area contributed by atoms with Gasteiger partial charge >= 0.3 is 5.97 Å². The standard InChI is InChI=1S/C19H24FN3O4/c1-12-5-3-4-9-23(12)10-8-21-18-16(19(24)25)17(27-22-18)13-6-7-14(20)15(11-13)26-2/h6-7,11-12H,3-5,8-10H2,1-2H3,(H,21,22)(H,24,25). The zero-order chi connectivity index (χ0) is 19.4. The van der Waals surface area contributed by atoms with Gasteiger partial charge in [0, 0.05) is 24.7 Å². The van der Waals surface area contributed by atoms with Crippen LogP contribution in [0, 0.1) is 5.82 Å². The minimum absolute atomic E-state index is 0.00818. The molecular weight excluding hydrogens is 353 g/mol. The minimum Gasteiger partial charge on any atom is -0.494 e. The van der Waals surface area contributed by atoms with Gasteiger partial charge in [-0.1, -0.05) is 11.6 Å². The van der Waals surface area contributed by atoms with E-state index in [1.54, 1.807) is 0 Å². The molecule has 0 radical (unpaired) electrons. The van der Waals surface area contributed by atoms with Crippen LogP contribution < -0.4 is 10.1 Å². The van der Waals surface area contributed by atoms with Gasteiger partial charge in [0.15, 0.2) is 28.7 Å². The lowest BCUT2D eigenvalue weighted by atomic mass is 10.0. The first-order valence-electron chi connectivity index (χ1n) is 9.06. The monoisotopic (exact) mass is 377 g/mol. The van der Waals surface area contributed by atoms with Gasteiger partial charge in [-0.05, 0) is 44.5 Å². The Kier molecular flexibility index (Phi) is 5.95. The number of nitrogens with one attached hydrogen (secondary N) is 1. The maximum absolute atomic E-state index is 13.6. The Morgan fingerprint density at radius 2 is 2.30 bits per heavy atom. The van der Waals surface area contributed by atoms with Crippen molar-refractivity contribution in [3.63, 3.8) is 0 Å². The normalized spacial score (nSPS) is 17.7. The molecular formula is C19H24FN3O4. The van der Waals surface area contributed by atoms with Gasteiger partial charge in [0.25, 0.3) is 0 Å². The first kappa shape index (κ1) is 19.2. The molecule has 0 saturated carbocycles. The molecule has 1 aliphatic rings. The van der Waals surface area contributed by atoms with Crippen LogP contribution in [0.3, 0.4) is 0 Å². The second-order valence-electron chi connectivity index (χ2n) is 6.70. The summed E-state index contributed by atoms with van der Waals surface area (Å²) in [5.41, 5.74) is 0.311. The number of halogens is 1. The lowest BCUT2D eigenvalue weighted by Gasteiger charge is -2.33. The van der Waals surface area contributed by atoms with E-state index >= 15 is 0 Å². The molecule has 1 aromatic heterocycles. The Labute approximate surface area is 157 Å². The largest absolute Gasteiger partial charge is 0.494 e. The van der Waals surface area contributed by atoms with Crippen molar-refractivity contribution in [2.75, 3.05) is 32.1 Å². The first-order chi connectivity index (χ1) is 13.0. The van der Waals surface area contributed by atoms with Gasteiger partial charge in [0.1, 0.15) is 0 Å². The molecule has 27 heavy (non-hydrogen) atoms. The van der Waals surface area contributed by atoms with Gasteiger partial charge in [-0.2, -0.15) is 0 Å². The first-order valence-corrected chi connectivity index (χ1v) is 9.06. The predicted molar refractivity (Wildman–Crippen MR) is 98.8 cm³/mol. The fourth-order valence-electron chi connectivity index (χ4n) is 3.41. The van der Waals surface area contributed by atoms with E-state index in [-0.39, 0.29) is 22.9 Å². The SMILES string of the molecule is COc1cc(-c2onc(NCCN3CCCCC3C)c2C(=O)O)ccc1F. The van der Waals surface area contributed by atoms with Crippen LogP contribution >= 0.6 is 0 Å². The molecule has 7 nitrogen and oxygen atoms in total. The highest BCUT2D eigenvalue weighted by molar-refractivity contribution is 5.99. The molecule has 1 aromatic carbocycles. The molecule has 0 spiro atoms. The molecule has 0 aliphatic carbocycles. The number of aromatic nitrogens is 1. The van der Waals surface area contributed by atoms with Crippen molar-refractivity contribution < 1.29 is 23.6 Å². The molecule has 2 heterocycles. The van der Waals surface area contributed by atoms with Crippen LogP contribution in [-0.2, 0) is 0 Å². The molecule has 1 fully saturated rings. The number of carbonyl (C=O) groups is 1. The summed E-state index contributed by atoms with van der Waals surface area (Å²) in [6.07, 6.45) is 3.62. The summed E-state index contributed by atoms with van der Waals surface area (Å²) < 4.78 is 23.8. The number of carboxylic acids is 1. The third-order valence-electron chi connectivity index (χ3n) is 4.95. The fourth-order valence-corrected chi connectivity index (χ4v) is 3.41. The van der Waals surface area contributed by atoms with Crippen molar-refractivity contribution in [3.05, 3.63) is 29.6 Å². The summed E-state index contributed by atoms with van der Waals surface area (Å²) in [6.45, 7) is 4.61. The smallest absolute Gasteiger partial charge is 0.343 e. The van der Waals surface area contributed by atoms with E-state index in [0.717, 1.165) is 13.1 Å². The summed E-state index contributed by atoms with van der Waals surface area (Å²) in [7, 11) is 1.34. The number of carboxylic acid groups (broad SMARTS) is 1. The maximum atomic E-state index is 13.6. The number of anilines is 1. The molecule has 0 bridgehead atoms. The van der Waals surface area contributed by atoms with Crippen LogP contribution in [0.15, 0.2) is 22.7 Å². The number of likely N-dealkylation sites (tertiary alicyclic amines) is 1. The van der Waals surface area contributed by atoms with Crippen LogP contribution in [0.25, 0.3) is 11.3 Å². The van der Waals surface area contributed by atoms with Gasteiger partial charge < -0.3 is 19.7 Å². The Balaban J connectivity index is 1.76. The van der Waals surface area contributed by atoms with Gasteiger partial charge in [0.2, 0.25) is 0 Å². The fraction of sp³-hybridized carbons (Fsp3) is 0.474. The zero-order valence-corrected chi connectivity index (χ0v) is 15.5. The van der Waals surface area contributed by atoms with Crippen molar-refractivity contribution in [2.24, 2.45) is 0 Å². The van der Waals surface area contributed by atoms with E-state index in [2.05, 4.69) is 22.3 Å². The quantitative estimate of drug-likeness (QED) is 0.764. The van der Waals surface area contributed by atoms with E-state index in [1.807, 2.05) is 0 Å². The minimum atomic E-state index is -1.16. The van der Waals surface area contributed by atoms with E-state index in [4.69, 9.17) is 9.26 Å². The number of methoxy groups -OCH3 is 1. The number of rotatable bonds is 7. The number of nitrogens with zero attached hydrogens (tertiary/aromatic N) is 2. The Morgan fingerprint density at radius 1 is 1.48 bits per heavy atom. The molecule has 0 amide bonds. The zero-order valence-electron chi connectivity index (χ0n) is 15.5. The van der Waals surface area contributed by atoms with E-state index in [9.17, 15) is 14.3 Å². The van der Waals surface area contributed by atoms with Crippen LogP contribution in [0.2, 0.25) is 0 Å². The molecule has 1 atom stereocenters. The van der Waals surface area contributed by atoms with E-state index < -0.39 is 11.8 Å². The Hall–Kier alpha value is -2.61. The lowest BCUT2D eigenvalue weighted by Crippen LogP contribution is -2.40. The summed E-state index contributed by atoms with van der Waals surface area (Å²) in [4.78, 5) is 14.1. The Morgan fingerprint density at radius 3 is 3.00 bits per heavy atom. The maximum Gasteiger partial charge on any atom is 0.343 e. The Bertz CT molecular complexity index is 808. The number of benzene rings is 1. The highest BCUT2D eigenvalue weighted by Gasteiger charge is 2.25. The van der Waals surface area contributed by atoms with Crippen LogP contribution in [-0.4, -0.2) is 53.9 Å². The van der Waals surface area contributed by atoms with Crippen molar-refractivity contribution in [1.29, 1.82) is 0 Å². The second kappa shape index (κ2) is 8.39. The number of ether oxygens (including phenoxy) is 1. The van der Waals surface area contributed by atoms with Gasteiger partial charge in [0.05, 0.1) is 7.11 Å². The van der Waals surface area contributed by atoms with Crippen molar-refractivity contribution in [3.8, 4) is 17.1 Å². The number of hydrogen-bond acceptors (Lipinski definition) is 6. The van der Waals surface area contributed by atoms with E-state index in [1.165, 1.54) is 44.6 Å². The molecule has 8 heteroatoms. The van der Waals surface area contributed by atoms with Crippen molar-refractivity contribution in [2.45, 2.75) is 32.2 Å². The summed E-state index contributed by atoms with van der Waals surface area (Å²) in [5, 5.41) is 16.5. The van der Waals surface area contributed by atoms with Gasteiger partial charge in [-0.15, -0.1) is 0 Å². The van der Waals surface area contributed by atoms with Crippen molar-refractivity contribution in [1.82, 2.24) is 10.1 Å². The topological polar surface area (TPSA) is 87.8 Å². The number of aromatic carboxylic acids is 1. The highest BCUT2D eigenvalue weighted by atomic mass is 19.1. The molecule has 2 N–H and O–H groups in total. The van der Waals surface area contributed by atoms with Gasteiger partial charge in [-0.3, -0.25) is 4.90 Å². The van der Waals surface area contributed by atoms with Crippen molar-refractivity contribution >= 4 is 11.8 Å². The third-order valence-corrected chi connectivity index (χ3v) is 4.95. The molecule has 1 aliphatic heterocycles.